The number of hydrogen-bond acceptors (Lipinski definition) is 2. The summed E-state index contributed by atoms with van der Waals surface area (Å²) in [4.78, 5) is 0. The van der Waals surface area contributed by atoms with Gasteiger partial charge in [0.25, 0.3) is 0 Å². The molecule has 0 aromatic heterocycles. The van der Waals surface area contributed by atoms with Crippen molar-refractivity contribution in [2.45, 2.75) is 13.0 Å². The lowest BCUT2D eigenvalue weighted by Gasteiger charge is -2.16. The van der Waals surface area contributed by atoms with Gasteiger partial charge in [0, 0.05) is 10.2 Å². The molecule has 0 heterocycles. The highest BCUT2D eigenvalue weighted by molar-refractivity contribution is 9.10. The molecular formula is C15H12BrFN2. The van der Waals surface area contributed by atoms with Crippen LogP contribution in [0, 0.1) is 24.1 Å². The van der Waals surface area contributed by atoms with Crippen molar-refractivity contribution in [3.05, 3.63) is 63.9 Å². The second kappa shape index (κ2) is 5.85. The van der Waals surface area contributed by atoms with Crippen molar-refractivity contribution in [3.8, 4) is 6.07 Å². The molecule has 2 nitrogen and oxygen atoms in total. The molecule has 1 atom stereocenters. The van der Waals surface area contributed by atoms with Crippen molar-refractivity contribution in [1.29, 1.82) is 5.26 Å². The summed E-state index contributed by atoms with van der Waals surface area (Å²) in [6.07, 6.45) is 0. The van der Waals surface area contributed by atoms with Crippen molar-refractivity contribution in [1.82, 2.24) is 0 Å². The third-order valence-electron chi connectivity index (χ3n) is 2.85. The van der Waals surface area contributed by atoms with E-state index in [4.69, 9.17) is 0 Å². The largest absolute Gasteiger partial charge is 0.365 e. The van der Waals surface area contributed by atoms with E-state index in [2.05, 4.69) is 27.3 Å². The highest BCUT2D eigenvalue weighted by Gasteiger charge is 2.14. The third-order valence-corrected chi connectivity index (χ3v) is 3.54. The van der Waals surface area contributed by atoms with Crippen LogP contribution < -0.4 is 5.32 Å². The Kier molecular flexibility index (Phi) is 4.18. The molecule has 4 heteroatoms. The molecule has 2 aromatic carbocycles. The molecule has 2 aromatic rings. The standard InChI is InChI=1S/C15H12BrFN2/c1-10-8-11(17)6-7-12(10)15(9-18)19-14-5-3-2-4-13(14)16/h2-8,15,19H,1H3. The number of hydrogen-bond donors (Lipinski definition) is 1. The summed E-state index contributed by atoms with van der Waals surface area (Å²) in [7, 11) is 0. The smallest absolute Gasteiger partial charge is 0.140 e. The van der Waals surface area contributed by atoms with Gasteiger partial charge in [0.1, 0.15) is 11.9 Å². The molecule has 0 spiro atoms. The molecule has 2 rings (SSSR count). The van der Waals surface area contributed by atoms with E-state index >= 15 is 0 Å². The van der Waals surface area contributed by atoms with Crippen LogP contribution in [0.5, 0.6) is 0 Å². The van der Waals surface area contributed by atoms with Gasteiger partial charge in [-0.25, -0.2) is 4.39 Å². The van der Waals surface area contributed by atoms with Crippen LogP contribution in [0.4, 0.5) is 10.1 Å². The Labute approximate surface area is 120 Å². The number of benzene rings is 2. The van der Waals surface area contributed by atoms with Gasteiger partial charge in [-0.1, -0.05) is 18.2 Å². The van der Waals surface area contributed by atoms with Crippen LogP contribution in [0.1, 0.15) is 17.2 Å². The lowest BCUT2D eigenvalue weighted by Crippen LogP contribution is -2.10. The summed E-state index contributed by atoms with van der Waals surface area (Å²) in [5.41, 5.74) is 2.36. The molecule has 0 aliphatic carbocycles. The number of nitriles is 1. The minimum atomic E-state index is -0.515. The number of para-hydroxylation sites is 1. The first kappa shape index (κ1) is 13.6. The van der Waals surface area contributed by atoms with E-state index in [0.717, 1.165) is 21.3 Å². The van der Waals surface area contributed by atoms with Crippen LogP contribution in [-0.2, 0) is 0 Å². The molecular weight excluding hydrogens is 307 g/mol. The van der Waals surface area contributed by atoms with E-state index in [0.29, 0.717) is 0 Å². The fraction of sp³-hybridized carbons (Fsp3) is 0.133. The Morgan fingerprint density at radius 3 is 2.63 bits per heavy atom. The number of aryl methyl sites for hydroxylation is 1. The van der Waals surface area contributed by atoms with Gasteiger partial charge in [0.15, 0.2) is 0 Å². The quantitative estimate of drug-likeness (QED) is 0.899. The molecule has 1 unspecified atom stereocenters. The van der Waals surface area contributed by atoms with E-state index in [9.17, 15) is 9.65 Å². The first-order chi connectivity index (χ1) is 9.11. The van der Waals surface area contributed by atoms with Crippen LogP contribution in [0.15, 0.2) is 46.9 Å². The summed E-state index contributed by atoms with van der Waals surface area (Å²) >= 11 is 3.42. The number of anilines is 1. The number of nitrogens with one attached hydrogen (secondary N) is 1. The Hall–Kier alpha value is -1.86. The van der Waals surface area contributed by atoms with Crippen LogP contribution in [-0.4, -0.2) is 0 Å². The number of halogens is 2. The molecule has 96 valence electrons. The lowest BCUT2D eigenvalue weighted by molar-refractivity contribution is 0.625. The molecule has 1 N–H and O–H groups in total. The maximum absolute atomic E-state index is 13.1. The molecule has 0 aliphatic rings. The fourth-order valence-corrected chi connectivity index (χ4v) is 2.28. The summed E-state index contributed by atoms with van der Waals surface area (Å²) in [5.74, 6) is -0.293. The average Bonchev–Trinajstić information content (AvgIpc) is 2.39. The monoisotopic (exact) mass is 318 g/mol. The first-order valence-electron chi connectivity index (χ1n) is 5.78. The Morgan fingerprint density at radius 2 is 2.00 bits per heavy atom. The van der Waals surface area contributed by atoms with Gasteiger partial charge in [0.2, 0.25) is 0 Å². The summed E-state index contributed by atoms with van der Waals surface area (Å²) in [5, 5.41) is 12.4. The van der Waals surface area contributed by atoms with E-state index < -0.39 is 6.04 Å². The summed E-state index contributed by atoms with van der Waals surface area (Å²) in [6.45, 7) is 1.80. The van der Waals surface area contributed by atoms with Gasteiger partial charge in [-0.2, -0.15) is 5.26 Å². The van der Waals surface area contributed by atoms with E-state index in [-0.39, 0.29) is 5.82 Å². The third kappa shape index (κ3) is 3.12. The molecule has 0 saturated heterocycles. The molecule has 0 aliphatic heterocycles. The molecule has 19 heavy (non-hydrogen) atoms. The van der Waals surface area contributed by atoms with E-state index in [1.807, 2.05) is 24.3 Å². The van der Waals surface area contributed by atoms with E-state index in [1.165, 1.54) is 12.1 Å². The van der Waals surface area contributed by atoms with Crippen LogP contribution in [0.2, 0.25) is 0 Å². The van der Waals surface area contributed by atoms with Crippen molar-refractivity contribution in [3.63, 3.8) is 0 Å². The molecule has 0 bridgehead atoms. The minimum absolute atomic E-state index is 0.293. The predicted molar refractivity (Wildman–Crippen MR) is 77.3 cm³/mol. The lowest BCUT2D eigenvalue weighted by atomic mass is 10.0. The molecule has 0 radical (unpaired) electrons. The maximum atomic E-state index is 13.1. The van der Waals surface area contributed by atoms with Crippen molar-refractivity contribution < 1.29 is 4.39 Å². The Bertz CT molecular complexity index is 634. The van der Waals surface area contributed by atoms with Crippen molar-refractivity contribution in [2.24, 2.45) is 0 Å². The summed E-state index contributed by atoms with van der Waals surface area (Å²) < 4.78 is 14.0. The highest BCUT2D eigenvalue weighted by Crippen LogP contribution is 2.27. The molecule has 0 saturated carbocycles. The van der Waals surface area contributed by atoms with Gasteiger partial charge in [-0.3, -0.25) is 0 Å². The number of nitrogens with zero attached hydrogens (tertiary/aromatic N) is 1. The molecule has 0 fully saturated rings. The Balaban J connectivity index is 2.31. The van der Waals surface area contributed by atoms with Gasteiger partial charge < -0.3 is 5.32 Å². The van der Waals surface area contributed by atoms with Crippen molar-refractivity contribution >= 4 is 21.6 Å². The SMILES string of the molecule is Cc1cc(F)ccc1C(C#N)Nc1ccccc1Br. The van der Waals surface area contributed by atoms with Crippen LogP contribution in [0.3, 0.4) is 0 Å². The zero-order valence-electron chi connectivity index (χ0n) is 10.3. The predicted octanol–water partition coefficient (Wildman–Crippen LogP) is 4.57. The zero-order chi connectivity index (χ0) is 13.8. The van der Waals surface area contributed by atoms with Crippen LogP contribution >= 0.6 is 15.9 Å². The highest BCUT2D eigenvalue weighted by atomic mass is 79.9. The molecule has 0 amide bonds. The van der Waals surface area contributed by atoms with Gasteiger partial charge in [0.05, 0.1) is 6.07 Å². The Morgan fingerprint density at radius 1 is 1.26 bits per heavy atom. The maximum Gasteiger partial charge on any atom is 0.140 e. The second-order valence-corrected chi connectivity index (χ2v) is 5.04. The average molecular weight is 319 g/mol. The van der Waals surface area contributed by atoms with Crippen molar-refractivity contribution in [2.75, 3.05) is 5.32 Å². The number of rotatable bonds is 3. The fourth-order valence-electron chi connectivity index (χ4n) is 1.88. The zero-order valence-corrected chi connectivity index (χ0v) is 11.9. The van der Waals surface area contributed by atoms with Crippen LogP contribution in [0.25, 0.3) is 0 Å². The van der Waals surface area contributed by atoms with Gasteiger partial charge >= 0.3 is 0 Å². The van der Waals surface area contributed by atoms with Gasteiger partial charge in [-0.05, 0) is 58.2 Å². The first-order valence-corrected chi connectivity index (χ1v) is 6.58. The minimum Gasteiger partial charge on any atom is -0.365 e. The van der Waals surface area contributed by atoms with Gasteiger partial charge in [-0.15, -0.1) is 0 Å². The second-order valence-electron chi connectivity index (χ2n) is 4.19. The topological polar surface area (TPSA) is 35.8 Å². The summed E-state index contributed by atoms with van der Waals surface area (Å²) in [6, 6.07) is 13.7. The normalized spacial score (nSPS) is 11.7. The van der Waals surface area contributed by atoms with E-state index in [1.54, 1.807) is 13.0 Å².